The highest BCUT2D eigenvalue weighted by Crippen LogP contribution is 2.14. The number of rotatable bonds is 3. The fraction of sp³-hybridized carbons (Fsp3) is 0.182. The van der Waals surface area contributed by atoms with Crippen LogP contribution in [0, 0.1) is 0 Å². The van der Waals surface area contributed by atoms with Crippen molar-refractivity contribution in [2.24, 2.45) is 0 Å². The standard InChI is InChI=1S/C11H10BrN3O/c1-8(16)6-11-7-13-14-15(11)10-4-2-9(12)3-5-10/h2-5,7H,6H2,1H3. The van der Waals surface area contributed by atoms with Gasteiger partial charge in [0.05, 0.1) is 24.0 Å². The molecule has 16 heavy (non-hydrogen) atoms. The van der Waals surface area contributed by atoms with E-state index in [-0.39, 0.29) is 5.78 Å². The normalized spacial score (nSPS) is 10.4. The fourth-order valence-corrected chi connectivity index (χ4v) is 1.70. The molecule has 1 aromatic carbocycles. The van der Waals surface area contributed by atoms with Gasteiger partial charge >= 0.3 is 0 Å². The van der Waals surface area contributed by atoms with Gasteiger partial charge in [-0.15, -0.1) is 5.10 Å². The number of hydrogen-bond donors (Lipinski definition) is 0. The van der Waals surface area contributed by atoms with Crippen LogP contribution >= 0.6 is 15.9 Å². The van der Waals surface area contributed by atoms with Gasteiger partial charge in [0.25, 0.3) is 0 Å². The van der Waals surface area contributed by atoms with Crippen LogP contribution in [0.4, 0.5) is 0 Å². The smallest absolute Gasteiger partial charge is 0.135 e. The predicted octanol–water partition coefficient (Wildman–Crippen LogP) is 2.16. The number of nitrogens with zero attached hydrogens (tertiary/aromatic N) is 3. The Morgan fingerprint density at radius 3 is 2.69 bits per heavy atom. The zero-order chi connectivity index (χ0) is 11.5. The number of aromatic nitrogens is 3. The molecular weight excluding hydrogens is 270 g/mol. The molecule has 0 spiro atoms. The van der Waals surface area contributed by atoms with Gasteiger partial charge in [0, 0.05) is 4.47 Å². The highest BCUT2D eigenvalue weighted by atomic mass is 79.9. The third-order valence-corrected chi connectivity index (χ3v) is 2.65. The Morgan fingerprint density at radius 2 is 2.06 bits per heavy atom. The maximum Gasteiger partial charge on any atom is 0.135 e. The van der Waals surface area contributed by atoms with Crippen LogP contribution in [0.25, 0.3) is 5.69 Å². The molecule has 0 aliphatic heterocycles. The Kier molecular flexibility index (Phi) is 3.14. The van der Waals surface area contributed by atoms with E-state index in [0.29, 0.717) is 6.42 Å². The lowest BCUT2D eigenvalue weighted by Gasteiger charge is -2.04. The summed E-state index contributed by atoms with van der Waals surface area (Å²) in [5.74, 6) is 0.0978. The summed E-state index contributed by atoms with van der Waals surface area (Å²) >= 11 is 3.37. The van der Waals surface area contributed by atoms with Gasteiger partial charge in [-0.05, 0) is 31.2 Å². The van der Waals surface area contributed by atoms with Gasteiger partial charge in [-0.3, -0.25) is 4.79 Å². The van der Waals surface area contributed by atoms with E-state index in [9.17, 15) is 4.79 Å². The largest absolute Gasteiger partial charge is 0.300 e. The van der Waals surface area contributed by atoms with Crippen LogP contribution in [0.3, 0.4) is 0 Å². The summed E-state index contributed by atoms with van der Waals surface area (Å²) < 4.78 is 2.68. The SMILES string of the molecule is CC(=O)Cc1cnnn1-c1ccc(Br)cc1. The zero-order valence-electron chi connectivity index (χ0n) is 8.72. The molecule has 0 radical (unpaired) electrons. The molecule has 0 aliphatic carbocycles. The van der Waals surface area contributed by atoms with Crippen molar-refractivity contribution in [3.63, 3.8) is 0 Å². The zero-order valence-corrected chi connectivity index (χ0v) is 10.3. The highest BCUT2D eigenvalue weighted by molar-refractivity contribution is 9.10. The maximum atomic E-state index is 11.1. The molecule has 4 nitrogen and oxygen atoms in total. The van der Waals surface area contributed by atoms with E-state index in [4.69, 9.17) is 0 Å². The van der Waals surface area contributed by atoms with E-state index < -0.39 is 0 Å². The van der Waals surface area contributed by atoms with Crippen molar-refractivity contribution in [3.8, 4) is 5.69 Å². The van der Waals surface area contributed by atoms with Crippen molar-refractivity contribution in [2.75, 3.05) is 0 Å². The van der Waals surface area contributed by atoms with Gasteiger partial charge in [-0.1, -0.05) is 21.1 Å². The predicted molar refractivity (Wildman–Crippen MR) is 63.4 cm³/mol. The molecule has 0 aliphatic rings. The van der Waals surface area contributed by atoms with Crippen LogP contribution in [-0.4, -0.2) is 20.8 Å². The van der Waals surface area contributed by atoms with E-state index >= 15 is 0 Å². The molecule has 2 aromatic rings. The molecule has 0 fully saturated rings. The molecule has 0 N–H and O–H groups in total. The van der Waals surface area contributed by atoms with Crippen molar-refractivity contribution in [1.29, 1.82) is 0 Å². The summed E-state index contributed by atoms with van der Waals surface area (Å²) in [4.78, 5) is 11.1. The second-order valence-corrected chi connectivity index (χ2v) is 4.41. The van der Waals surface area contributed by atoms with Crippen LogP contribution in [0.5, 0.6) is 0 Å². The average Bonchev–Trinajstić information content (AvgIpc) is 2.66. The van der Waals surface area contributed by atoms with E-state index in [1.807, 2.05) is 24.3 Å². The van der Waals surface area contributed by atoms with Crippen LogP contribution in [-0.2, 0) is 11.2 Å². The number of carbonyl (C=O) groups is 1. The summed E-state index contributed by atoms with van der Waals surface area (Å²) in [6.07, 6.45) is 1.96. The first kappa shape index (κ1) is 11.0. The molecule has 0 saturated carbocycles. The van der Waals surface area contributed by atoms with Crippen LogP contribution < -0.4 is 0 Å². The third kappa shape index (κ3) is 2.36. The van der Waals surface area contributed by atoms with Crippen molar-refractivity contribution in [2.45, 2.75) is 13.3 Å². The van der Waals surface area contributed by atoms with Gasteiger partial charge < -0.3 is 0 Å². The van der Waals surface area contributed by atoms with Crippen LogP contribution in [0.1, 0.15) is 12.6 Å². The van der Waals surface area contributed by atoms with Crippen molar-refractivity contribution >= 4 is 21.7 Å². The number of Topliss-reactive ketones (excluding diaryl/α,β-unsaturated/α-hetero) is 1. The van der Waals surface area contributed by atoms with E-state index in [2.05, 4.69) is 26.2 Å². The molecule has 1 aromatic heterocycles. The van der Waals surface area contributed by atoms with Gasteiger partial charge in [0.15, 0.2) is 0 Å². The Labute approximate surface area is 101 Å². The first-order chi connectivity index (χ1) is 7.66. The van der Waals surface area contributed by atoms with Gasteiger partial charge in [-0.25, -0.2) is 4.68 Å². The van der Waals surface area contributed by atoms with Crippen molar-refractivity contribution in [3.05, 3.63) is 40.6 Å². The maximum absolute atomic E-state index is 11.1. The average molecular weight is 280 g/mol. The van der Waals surface area contributed by atoms with Crippen molar-refractivity contribution in [1.82, 2.24) is 15.0 Å². The summed E-state index contributed by atoms with van der Waals surface area (Å²) in [5, 5.41) is 7.79. The molecule has 1 heterocycles. The number of ketones is 1. The number of carbonyl (C=O) groups excluding carboxylic acids is 1. The van der Waals surface area contributed by atoms with Gasteiger partial charge in [-0.2, -0.15) is 0 Å². The fourth-order valence-electron chi connectivity index (χ4n) is 1.43. The summed E-state index contributed by atoms with van der Waals surface area (Å²) in [7, 11) is 0. The van der Waals surface area contributed by atoms with E-state index in [1.54, 1.807) is 17.8 Å². The second kappa shape index (κ2) is 4.57. The quantitative estimate of drug-likeness (QED) is 0.865. The lowest BCUT2D eigenvalue weighted by Crippen LogP contribution is -2.06. The minimum Gasteiger partial charge on any atom is -0.300 e. The molecular formula is C11H10BrN3O. The molecule has 82 valence electrons. The van der Waals surface area contributed by atoms with E-state index in [0.717, 1.165) is 15.9 Å². The minimum atomic E-state index is 0.0978. The monoisotopic (exact) mass is 279 g/mol. The Morgan fingerprint density at radius 1 is 1.38 bits per heavy atom. The molecule has 0 amide bonds. The second-order valence-electron chi connectivity index (χ2n) is 3.49. The Bertz CT molecular complexity index is 504. The first-order valence-corrected chi connectivity index (χ1v) is 5.61. The van der Waals surface area contributed by atoms with E-state index in [1.165, 1.54) is 0 Å². The van der Waals surface area contributed by atoms with Gasteiger partial charge in [0.2, 0.25) is 0 Å². The number of halogens is 1. The third-order valence-electron chi connectivity index (χ3n) is 2.12. The lowest BCUT2D eigenvalue weighted by atomic mass is 10.2. The topological polar surface area (TPSA) is 47.8 Å². The number of hydrogen-bond acceptors (Lipinski definition) is 3. The molecule has 0 unspecified atom stereocenters. The molecule has 0 bridgehead atoms. The first-order valence-electron chi connectivity index (χ1n) is 4.82. The molecule has 5 heteroatoms. The molecule has 0 atom stereocenters. The highest BCUT2D eigenvalue weighted by Gasteiger charge is 2.07. The minimum absolute atomic E-state index is 0.0978. The molecule has 2 rings (SSSR count). The number of benzene rings is 1. The van der Waals surface area contributed by atoms with Gasteiger partial charge in [0.1, 0.15) is 5.78 Å². The summed E-state index contributed by atoms with van der Waals surface area (Å²) in [5.41, 5.74) is 1.70. The Balaban J connectivity index is 2.36. The van der Waals surface area contributed by atoms with Crippen molar-refractivity contribution < 1.29 is 4.79 Å². The summed E-state index contributed by atoms with van der Waals surface area (Å²) in [6, 6.07) is 7.69. The Hall–Kier alpha value is -1.49. The molecule has 0 saturated heterocycles. The van der Waals surface area contributed by atoms with Crippen LogP contribution in [0.2, 0.25) is 0 Å². The van der Waals surface area contributed by atoms with Crippen LogP contribution in [0.15, 0.2) is 34.9 Å². The lowest BCUT2D eigenvalue weighted by molar-refractivity contribution is -0.116. The summed E-state index contributed by atoms with van der Waals surface area (Å²) in [6.45, 7) is 1.55.